The number of hydrogen-bond donors (Lipinski definition) is 2. The lowest BCUT2D eigenvalue weighted by Crippen LogP contribution is -2.54. The van der Waals surface area contributed by atoms with Gasteiger partial charge >= 0.3 is 5.97 Å². The van der Waals surface area contributed by atoms with Gasteiger partial charge in [0.2, 0.25) is 5.91 Å². The molecule has 0 bridgehead atoms. The summed E-state index contributed by atoms with van der Waals surface area (Å²) in [6.07, 6.45) is 1.39. The number of carbonyl (C=O) groups excluding carboxylic acids is 1. The Bertz CT molecular complexity index is 458. The van der Waals surface area contributed by atoms with Crippen molar-refractivity contribution in [2.24, 2.45) is 0 Å². The standard InChI is InChI=1S/C10H15N5O3/c1-7-9(16)11-2-3-14(7)4-5-15-6-8(10(17)18)12-13-15/h6-7H,2-5H2,1H3,(H,11,16)(H,17,18). The number of carbonyl (C=O) groups is 2. The van der Waals surface area contributed by atoms with E-state index in [4.69, 9.17) is 5.11 Å². The number of amides is 1. The first-order valence-electron chi connectivity index (χ1n) is 5.73. The van der Waals surface area contributed by atoms with E-state index in [9.17, 15) is 9.59 Å². The van der Waals surface area contributed by atoms with E-state index in [1.807, 2.05) is 11.8 Å². The molecule has 0 aromatic carbocycles. The van der Waals surface area contributed by atoms with Crippen LogP contribution in [0.1, 0.15) is 17.4 Å². The molecule has 1 aliphatic rings. The fourth-order valence-corrected chi connectivity index (χ4v) is 1.87. The predicted molar refractivity (Wildman–Crippen MR) is 61.0 cm³/mol. The van der Waals surface area contributed by atoms with E-state index < -0.39 is 5.97 Å². The van der Waals surface area contributed by atoms with E-state index in [0.717, 1.165) is 6.54 Å². The van der Waals surface area contributed by atoms with Gasteiger partial charge in [-0.15, -0.1) is 5.10 Å². The molecule has 2 heterocycles. The van der Waals surface area contributed by atoms with Crippen molar-refractivity contribution in [3.05, 3.63) is 11.9 Å². The molecule has 1 unspecified atom stereocenters. The molecule has 8 nitrogen and oxygen atoms in total. The molecule has 2 rings (SSSR count). The Morgan fingerprint density at radius 2 is 2.39 bits per heavy atom. The molecule has 1 aromatic heterocycles. The van der Waals surface area contributed by atoms with Crippen LogP contribution < -0.4 is 5.32 Å². The van der Waals surface area contributed by atoms with E-state index in [-0.39, 0.29) is 17.6 Å². The van der Waals surface area contributed by atoms with Crippen LogP contribution in [-0.4, -0.2) is 62.6 Å². The van der Waals surface area contributed by atoms with E-state index >= 15 is 0 Å². The molecule has 1 saturated heterocycles. The molecule has 0 aliphatic carbocycles. The van der Waals surface area contributed by atoms with Crippen molar-refractivity contribution in [2.45, 2.75) is 19.5 Å². The van der Waals surface area contributed by atoms with Crippen LogP contribution in [0.15, 0.2) is 6.20 Å². The van der Waals surface area contributed by atoms with Gasteiger partial charge in [-0.3, -0.25) is 14.4 Å². The summed E-state index contributed by atoms with van der Waals surface area (Å²) in [5, 5.41) is 18.8. The Labute approximate surface area is 104 Å². The lowest BCUT2D eigenvalue weighted by Gasteiger charge is -2.32. The van der Waals surface area contributed by atoms with Crippen LogP contribution in [0.25, 0.3) is 0 Å². The summed E-state index contributed by atoms with van der Waals surface area (Å²) >= 11 is 0. The number of piperazine rings is 1. The van der Waals surface area contributed by atoms with Gasteiger partial charge in [-0.05, 0) is 6.92 Å². The fourth-order valence-electron chi connectivity index (χ4n) is 1.87. The molecule has 1 amide bonds. The Morgan fingerprint density at radius 3 is 3.06 bits per heavy atom. The molecule has 1 aromatic rings. The van der Waals surface area contributed by atoms with Crippen LogP contribution >= 0.6 is 0 Å². The molecule has 1 aliphatic heterocycles. The van der Waals surface area contributed by atoms with Crippen LogP contribution in [0.5, 0.6) is 0 Å². The minimum Gasteiger partial charge on any atom is -0.476 e. The number of aromatic nitrogens is 3. The molecule has 8 heteroatoms. The van der Waals surface area contributed by atoms with Gasteiger partial charge in [0, 0.05) is 19.6 Å². The SMILES string of the molecule is CC1C(=O)NCCN1CCn1cc(C(=O)O)nn1. The summed E-state index contributed by atoms with van der Waals surface area (Å²) in [6, 6.07) is -0.166. The van der Waals surface area contributed by atoms with Crippen LogP contribution in [0.4, 0.5) is 0 Å². The second-order valence-corrected chi connectivity index (χ2v) is 4.17. The molecule has 0 spiro atoms. The topological polar surface area (TPSA) is 100 Å². The number of carboxylic acids is 1. The molecule has 18 heavy (non-hydrogen) atoms. The molecule has 98 valence electrons. The highest BCUT2D eigenvalue weighted by molar-refractivity contribution is 5.84. The maximum Gasteiger partial charge on any atom is 0.358 e. The third kappa shape index (κ3) is 2.65. The Hall–Kier alpha value is -1.96. The lowest BCUT2D eigenvalue weighted by atomic mass is 10.2. The zero-order valence-corrected chi connectivity index (χ0v) is 10.0. The molecule has 2 N–H and O–H groups in total. The van der Waals surface area contributed by atoms with Crippen molar-refractivity contribution in [1.29, 1.82) is 0 Å². The van der Waals surface area contributed by atoms with Crippen molar-refractivity contribution in [2.75, 3.05) is 19.6 Å². The third-order valence-electron chi connectivity index (χ3n) is 3.00. The summed E-state index contributed by atoms with van der Waals surface area (Å²) in [4.78, 5) is 24.1. The molecule has 1 fully saturated rings. The average molecular weight is 253 g/mol. The second-order valence-electron chi connectivity index (χ2n) is 4.17. The van der Waals surface area contributed by atoms with Gasteiger partial charge in [-0.25, -0.2) is 4.79 Å². The largest absolute Gasteiger partial charge is 0.476 e. The quantitative estimate of drug-likeness (QED) is 0.699. The van der Waals surface area contributed by atoms with Crippen LogP contribution in [-0.2, 0) is 11.3 Å². The van der Waals surface area contributed by atoms with Gasteiger partial charge in [0.25, 0.3) is 0 Å². The normalized spacial score (nSPS) is 20.7. The highest BCUT2D eigenvalue weighted by Gasteiger charge is 2.24. The molecule has 0 radical (unpaired) electrons. The maximum atomic E-state index is 11.4. The summed E-state index contributed by atoms with van der Waals surface area (Å²) in [5.74, 6) is -1.07. The highest BCUT2D eigenvalue weighted by atomic mass is 16.4. The lowest BCUT2D eigenvalue weighted by molar-refractivity contribution is -0.128. The zero-order chi connectivity index (χ0) is 13.1. The highest BCUT2D eigenvalue weighted by Crippen LogP contribution is 2.04. The van der Waals surface area contributed by atoms with Crippen molar-refractivity contribution < 1.29 is 14.7 Å². The van der Waals surface area contributed by atoms with Gasteiger partial charge in [-0.1, -0.05) is 5.21 Å². The summed E-state index contributed by atoms with van der Waals surface area (Å²) in [7, 11) is 0. The fraction of sp³-hybridized carbons (Fsp3) is 0.600. The van der Waals surface area contributed by atoms with Crippen molar-refractivity contribution >= 4 is 11.9 Å². The summed E-state index contributed by atoms with van der Waals surface area (Å²) < 4.78 is 1.47. The minimum absolute atomic E-state index is 0.0195. The summed E-state index contributed by atoms with van der Waals surface area (Å²) in [6.45, 7) is 4.42. The molecule has 0 saturated carbocycles. The minimum atomic E-state index is -1.09. The van der Waals surface area contributed by atoms with Gasteiger partial charge in [0.05, 0.1) is 18.8 Å². The third-order valence-corrected chi connectivity index (χ3v) is 3.00. The van der Waals surface area contributed by atoms with Crippen LogP contribution in [0.2, 0.25) is 0 Å². The number of rotatable bonds is 4. The first kappa shape index (κ1) is 12.5. The monoisotopic (exact) mass is 253 g/mol. The van der Waals surface area contributed by atoms with E-state index in [1.165, 1.54) is 10.9 Å². The average Bonchev–Trinajstić information content (AvgIpc) is 2.80. The first-order valence-corrected chi connectivity index (χ1v) is 5.73. The molecular weight excluding hydrogens is 238 g/mol. The maximum absolute atomic E-state index is 11.4. The zero-order valence-electron chi connectivity index (χ0n) is 10.0. The number of carboxylic acid groups (broad SMARTS) is 1. The van der Waals surface area contributed by atoms with E-state index in [1.54, 1.807) is 0 Å². The van der Waals surface area contributed by atoms with Crippen molar-refractivity contribution in [3.63, 3.8) is 0 Å². The first-order chi connectivity index (χ1) is 8.58. The Morgan fingerprint density at radius 1 is 1.61 bits per heavy atom. The van der Waals surface area contributed by atoms with Gasteiger partial charge in [0.15, 0.2) is 5.69 Å². The summed E-state index contributed by atoms with van der Waals surface area (Å²) in [5.41, 5.74) is -0.0700. The predicted octanol–water partition coefficient (Wildman–Crippen LogP) is -1.20. The van der Waals surface area contributed by atoms with E-state index in [2.05, 4.69) is 15.6 Å². The molecule has 1 atom stereocenters. The molecular formula is C10H15N5O3. The smallest absolute Gasteiger partial charge is 0.358 e. The van der Waals surface area contributed by atoms with Gasteiger partial charge < -0.3 is 10.4 Å². The van der Waals surface area contributed by atoms with E-state index in [0.29, 0.717) is 19.6 Å². The number of nitrogens with one attached hydrogen (secondary N) is 1. The Balaban J connectivity index is 1.90. The van der Waals surface area contributed by atoms with Crippen molar-refractivity contribution in [3.8, 4) is 0 Å². The number of nitrogens with zero attached hydrogens (tertiary/aromatic N) is 4. The number of aromatic carboxylic acids is 1. The van der Waals surface area contributed by atoms with Crippen LogP contribution in [0, 0.1) is 0 Å². The van der Waals surface area contributed by atoms with Gasteiger partial charge in [0.1, 0.15) is 0 Å². The van der Waals surface area contributed by atoms with Crippen LogP contribution in [0.3, 0.4) is 0 Å². The van der Waals surface area contributed by atoms with Crippen molar-refractivity contribution in [1.82, 2.24) is 25.2 Å². The van der Waals surface area contributed by atoms with Gasteiger partial charge in [-0.2, -0.15) is 0 Å². The number of hydrogen-bond acceptors (Lipinski definition) is 5. The Kier molecular flexibility index (Phi) is 3.56. The second kappa shape index (κ2) is 5.13.